The first kappa shape index (κ1) is 12.5. The standard InChI is InChI=1S/C14H15NO3/c16-8-12-6-14(7-13(9-17)15-12)18-10-11-4-2-1-3-5-11/h1-7,16-17H,8-10H2. The highest BCUT2D eigenvalue weighted by atomic mass is 16.5. The maximum atomic E-state index is 9.07. The molecule has 94 valence electrons. The van der Waals surface area contributed by atoms with Crippen LogP contribution in [0.2, 0.25) is 0 Å². The van der Waals surface area contributed by atoms with E-state index in [9.17, 15) is 0 Å². The normalized spacial score (nSPS) is 10.3. The number of ether oxygens (including phenoxy) is 1. The van der Waals surface area contributed by atoms with E-state index in [4.69, 9.17) is 14.9 Å². The van der Waals surface area contributed by atoms with Crippen LogP contribution in [0.15, 0.2) is 42.5 Å². The average Bonchev–Trinajstić information content (AvgIpc) is 2.45. The molecule has 0 aliphatic rings. The average molecular weight is 245 g/mol. The van der Waals surface area contributed by atoms with Gasteiger partial charge in [0.1, 0.15) is 12.4 Å². The van der Waals surface area contributed by atoms with Gasteiger partial charge in [-0.25, -0.2) is 0 Å². The molecular weight excluding hydrogens is 230 g/mol. The van der Waals surface area contributed by atoms with Crippen molar-refractivity contribution in [3.8, 4) is 5.75 Å². The van der Waals surface area contributed by atoms with E-state index in [-0.39, 0.29) is 13.2 Å². The van der Waals surface area contributed by atoms with Crippen LogP contribution in [0.25, 0.3) is 0 Å². The van der Waals surface area contributed by atoms with Gasteiger partial charge in [-0.3, -0.25) is 4.98 Å². The minimum absolute atomic E-state index is 0.171. The van der Waals surface area contributed by atoms with Gasteiger partial charge >= 0.3 is 0 Å². The van der Waals surface area contributed by atoms with E-state index in [2.05, 4.69) is 4.98 Å². The number of aliphatic hydroxyl groups is 2. The molecule has 0 radical (unpaired) electrons. The molecule has 1 aromatic carbocycles. The zero-order valence-electron chi connectivity index (χ0n) is 9.91. The number of pyridine rings is 1. The number of rotatable bonds is 5. The molecule has 0 fully saturated rings. The number of nitrogens with zero attached hydrogens (tertiary/aromatic N) is 1. The maximum absolute atomic E-state index is 9.07. The topological polar surface area (TPSA) is 62.6 Å². The summed E-state index contributed by atoms with van der Waals surface area (Å²) >= 11 is 0. The van der Waals surface area contributed by atoms with Crippen molar-refractivity contribution in [3.63, 3.8) is 0 Å². The van der Waals surface area contributed by atoms with Crippen molar-refractivity contribution in [2.75, 3.05) is 0 Å². The van der Waals surface area contributed by atoms with Crippen LogP contribution >= 0.6 is 0 Å². The summed E-state index contributed by atoms with van der Waals surface area (Å²) in [6.45, 7) is 0.103. The Hall–Kier alpha value is -1.91. The SMILES string of the molecule is OCc1cc(OCc2ccccc2)cc(CO)n1. The van der Waals surface area contributed by atoms with E-state index in [1.807, 2.05) is 30.3 Å². The monoisotopic (exact) mass is 245 g/mol. The molecule has 18 heavy (non-hydrogen) atoms. The van der Waals surface area contributed by atoms with Gasteiger partial charge in [-0.1, -0.05) is 30.3 Å². The quantitative estimate of drug-likeness (QED) is 0.840. The Balaban J connectivity index is 2.09. The molecule has 0 bridgehead atoms. The predicted octanol–water partition coefficient (Wildman–Crippen LogP) is 1.65. The molecule has 0 saturated carbocycles. The molecular formula is C14H15NO3. The lowest BCUT2D eigenvalue weighted by molar-refractivity contribution is 0.260. The molecule has 0 atom stereocenters. The highest BCUT2D eigenvalue weighted by molar-refractivity contribution is 5.27. The molecule has 1 aromatic heterocycles. The second kappa shape index (κ2) is 6.14. The van der Waals surface area contributed by atoms with Crippen LogP contribution < -0.4 is 4.74 Å². The third-order valence-corrected chi connectivity index (χ3v) is 2.48. The fourth-order valence-electron chi connectivity index (χ4n) is 1.61. The third kappa shape index (κ3) is 3.29. The van der Waals surface area contributed by atoms with Crippen LogP contribution in [0, 0.1) is 0 Å². The van der Waals surface area contributed by atoms with Crippen molar-refractivity contribution < 1.29 is 14.9 Å². The molecule has 0 spiro atoms. The first-order chi connectivity index (χ1) is 8.81. The summed E-state index contributed by atoms with van der Waals surface area (Å²) < 4.78 is 5.61. The molecule has 4 heteroatoms. The largest absolute Gasteiger partial charge is 0.489 e. The summed E-state index contributed by atoms with van der Waals surface area (Å²) in [6, 6.07) is 13.1. The Labute approximate surface area is 106 Å². The summed E-state index contributed by atoms with van der Waals surface area (Å²) in [7, 11) is 0. The first-order valence-corrected chi connectivity index (χ1v) is 5.70. The van der Waals surface area contributed by atoms with Crippen molar-refractivity contribution in [1.82, 2.24) is 4.98 Å². The number of aromatic nitrogens is 1. The van der Waals surface area contributed by atoms with E-state index < -0.39 is 0 Å². The second-order valence-electron chi connectivity index (χ2n) is 3.88. The number of hydrogen-bond donors (Lipinski definition) is 2. The smallest absolute Gasteiger partial charge is 0.123 e. The molecule has 2 N–H and O–H groups in total. The Morgan fingerprint density at radius 2 is 1.56 bits per heavy atom. The minimum Gasteiger partial charge on any atom is -0.489 e. The molecule has 4 nitrogen and oxygen atoms in total. The first-order valence-electron chi connectivity index (χ1n) is 5.70. The fraction of sp³-hybridized carbons (Fsp3) is 0.214. The van der Waals surface area contributed by atoms with Gasteiger partial charge in [-0.05, 0) is 5.56 Å². The van der Waals surface area contributed by atoms with Gasteiger partial charge in [0.2, 0.25) is 0 Å². The van der Waals surface area contributed by atoms with E-state index in [0.717, 1.165) is 5.56 Å². The van der Waals surface area contributed by atoms with Crippen LogP contribution in [-0.4, -0.2) is 15.2 Å². The van der Waals surface area contributed by atoms with E-state index >= 15 is 0 Å². The van der Waals surface area contributed by atoms with Gasteiger partial charge in [0, 0.05) is 12.1 Å². The lowest BCUT2D eigenvalue weighted by atomic mass is 10.2. The van der Waals surface area contributed by atoms with Crippen molar-refractivity contribution in [1.29, 1.82) is 0 Å². The van der Waals surface area contributed by atoms with Crippen LogP contribution in [0.5, 0.6) is 5.75 Å². The summed E-state index contributed by atoms with van der Waals surface area (Å²) in [6.07, 6.45) is 0. The lowest BCUT2D eigenvalue weighted by Gasteiger charge is -2.09. The van der Waals surface area contributed by atoms with Crippen LogP contribution in [0.4, 0.5) is 0 Å². The van der Waals surface area contributed by atoms with E-state index in [1.54, 1.807) is 12.1 Å². The number of aliphatic hydroxyl groups excluding tert-OH is 2. The zero-order valence-corrected chi connectivity index (χ0v) is 9.91. The maximum Gasteiger partial charge on any atom is 0.123 e. The van der Waals surface area contributed by atoms with Gasteiger partial charge in [0.15, 0.2) is 0 Å². The fourth-order valence-corrected chi connectivity index (χ4v) is 1.61. The predicted molar refractivity (Wildman–Crippen MR) is 66.9 cm³/mol. The number of hydrogen-bond acceptors (Lipinski definition) is 4. The van der Waals surface area contributed by atoms with Crippen LogP contribution in [0.3, 0.4) is 0 Å². The minimum atomic E-state index is -0.171. The molecule has 0 saturated heterocycles. The Bertz CT molecular complexity index is 477. The Morgan fingerprint density at radius 1 is 0.944 bits per heavy atom. The van der Waals surface area contributed by atoms with E-state index in [1.165, 1.54) is 0 Å². The van der Waals surface area contributed by atoms with Gasteiger partial charge in [0.05, 0.1) is 24.6 Å². The molecule has 2 rings (SSSR count). The van der Waals surface area contributed by atoms with Gasteiger partial charge < -0.3 is 14.9 Å². The summed E-state index contributed by atoms with van der Waals surface area (Å²) in [4.78, 5) is 4.05. The Morgan fingerprint density at radius 3 is 2.11 bits per heavy atom. The third-order valence-electron chi connectivity index (χ3n) is 2.48. The second-order valence-corrected chi connectivity index (χ2v) is 3.88. The molecule has 0 amide bonds. The van der Waals surface area contributed by atoms with Crippen molar-refractivity contribution in [2.24, 2.45) is 0 Å². The molecule has 0 unspecified atom stereocenters. The van der Waals surface area contributed by atoms with Crippen LogP contribution in [-0.2, 0) is 19.8 Å². The van der Waals surface area contributed by atoms with Crippen molar-refractivity contribution in [2.45, 2.75) is 19.8 Å². The highest BCUT2D eigenvalue weighted by Crippen LogP contribution is 2.16. The van der Waals surface area contributed by atoms with Gasteiger partial charge in [-0.2, -0.15) is 0 Å². The van der Waals surface area contributed by atoms with Crippen molar-refractivity contribution in [3.05, 3.63) is 59.4 Å². The molecule has 2 aromatic rings. The summed E-state index contributed by atoms with van der Waals surface area (Å²) in [5.41, 5.74) is 2.04. The van der Waals surface area contributed by atoms with Crippen LogP contribution in [0.1, 0.15) is 17.0 Å². The van der Waals surface area contributed by atoms with Gasteiger partial charge in [-0.15, -0.1) is 0 Å². The molecule has 0 aliphatic carbocycles. The summed E-state index contributed by atoms with van der Waals surface area (Å²) in [5.74, 6) is 0.599. The van der Waals surface area contributed by atoms with Gasteiger partial charge in [0.25, 0.3) is 0 Å². The molecule has 0 aliphatic heterocycles. The zero-order chi connectivity index (χ0) is 12.8. The molecule has 1 heterocycles. The number of benzene rings is 1. The van der Waals surface area contributed by atoms with E-state index in [0.29, 0.717) is 23.7 Å². The van der Waals surface area contributed by atoms with Crippen molar-refractivity contribution >= 4 is 0 Å². The highest BCUT2D eigenvalue weighted by Gasteiger charge is 2.03. The Kier molecular flexibility index (Phi) is 4.28. The summed E-state index contributed by atoms with van der Waals surface area (Å²) in [5, 5.41) is 18.1. The lowest BCUT2D eigenvalue weighted by Crippen LogP contribution is -2.00.